The minimum Gasteiger partial charge on any atom is -0.465 e. The van der Waals surface area contributed by atoms with Gasteiger partial charge in [-0.15, -0.1) is 0 Å². The quantitative estimate of drug-likeness (QED) is 0.633. The van der Waals surface area contributed by atoms with Crippen molar-refractivity contribution in [1.82, 2.24) is 24.9 Å². The first-order chi connectivity index (χ1) is 15.1. The van der Waals surface area contributed by atoms with Gasteiger partial charge in [-0.05, 0) is 44.0 Å². The third-order valence-corrected chi connectivity index (χ3v) is 5.47. The molecule has 1 fully saturated rings. The second-order valence-electron chi connectivity index (χ2n) is 7.45. The fourth-order valence-electron chi connectivity index (χ4n) is 3.82. The SMILES string of the molecule is COC(=O)c1cccnc1N[C@@H]1CC[C@@H](C)N(C(=O)c2ccccc2-n2nccn2)C1. The molecular formula is C22H24N6O3. The van der Waals surface area contributed by atoms with Crippen LogP contribution in [0.25, 0.3) is 5.69 Å². The minimum atomic E-state index is -0.451. The smallest absolute Gasteiger partial charge is 0.341 e. The number of nitrogens with zero attached hydrogens (tertiary/aromatic N) is 5. The maximum absolute atomic E-state index is 13.5. The Morgan fingerprint density at radius 2 is 1.77 bits per heavy atom. The van der Waals surface area contributed by atoms with Crippen LogP contribution in [0.1, 0.15) is 40.5 Å². The van der Waals surface area contributed by atoms with E-state index in [0.29, 0.717) is 29.2 Å². The molecule has 9 heteroatoms. The first-order valence-corrected chi connectivity index (χ1v) is 10.1. The molecule has 1 aliphatic heterocycles. The zero-order valence-corrected chi connectivity index (χ0v) is 17.4. The number of esters is 1. The number of nitrogens with one attached hydrogen (secondary N) is 1. The summed E-state index contributed by atoms with van der Waals surface area (Å²) in [5.41, 5.74) is 1.55. The molecule has 0 bridgehead atoms. The topological polar surface area (TPSA) is 102 Å². The average Bonchev–Trinajstić information content (AvgIpc) is 3.34. The predicted octanol–water partition coefficient (Wildman–Crippen LogP) is 2.55. The maximum Gasteiger partial charge on any atom is 0.341 e. The summed E-state index contributed by atoms with van der Waals surface area (Å²) in [7, 11) is 1.34. The van der Waals surface area contributed by atoms with E-state index >= 15 is 0 Å². The van der Waals surface area contributed by atoms with Crippen LogP contribution in [-0.2, 0) is 4.74 Å². The van der Waals surface area contributed by atoms with Crippen LogP contribution in [0.2, 0.25) is 0 Å². The molecule has 0 radical (unpaired) electrons. The average molecular weight is 420 g/mol. The second-order valence-corrected chi connectivity index (χ2v) is 7.45. The Bertz CT molecular complexity index is 1070. The number of carbonyl (C=O) groups excluding carboxylic acids is 2. The van der Waals surface area contributed by atoms with Crippen molar-refractivity contribution < 1.29 is 14.3 Å². The van der Waals surface area contributed by atoms with E-state index in [2.05, 4.69) is 20.5 Å². The molecule has 2 aromatic heterocycles. The number of likely N-dealkylation sites (tertiary alicyclic amines) is 1. The molecule has 1 aliphatic rings. The van der Waals surface area contributed by atoms with Crippen LogP contribution in [-0.4, -0.2) is 62.5 Å². The van der Waals surface area contributed by atoms with Gasteiger partial charge < -0.3 is 15.0 Å². The fraction of sp³-hybridized carbons (Fsp3) is 0.318. The number of ether oxygens (including phenoxy) is 1. The number of hydrogen-bond acceptors (Lipinski definition) is 7. The summed E-state index contributed by atoms with van der Waals surface area (Å²) in [6, 6.07) is 10.7. The van der Waals surface area contributed by atoms with Crippen LogP contribution in [0.4, 0.5) is 5.82 Å². The first-order valence-electron chi connectivity index (χ1n) is 10.1. The van der Waals surface area contributed by atoms with Gasteiger partial charge in [-0.1, -0.05) is 12.1 Å². The zero-order valence-electron chi connectivity index (χ0n) is 17.4. The lowest BCUT2D eigenvalue weighted by Crippen LogP contribution is -2.50. The third-order valence-electron chi connectivity index (χ3n) is 5.47. The summed E-state index contributed by atoms with van der Waals surface area (Å²) in [6.45, 7) is 2.53. The van der Waals surface area contributed by atoms with Gasteiger partial charge in [0.25, 0.3) is 5.91 Å². The number of piperidine rings is 1. The number of aromatic nitrogens is 4. The van der Waals surface area contributed by atoms with Crippen molar-refractivity contribution in [2.75, 3.05) is 19.0 Å². The van der Waals surface area contributed by atoms with E-state index in [0.717, 1.165) is 12.8 Å². The molecule has 4 rings (SSSR count). The number of amides is 1. The van der Waals surface area contributed by atoms with Crippen LogP contribution < -0.4 is 5.32 Å². The molecule has 0 spiro atoms. The van der Waals surface area contributed by atoms with E-state index in [1.54, 1.807) is 36.8 Å². The minimum absolute atomic E-state index is 0.0477. The lowest BCUT2D eigenvalue weighted by molar-refractivity contribution is 0.0594. The fourth-order valence-corrected chi connectivity index (χ4v) is 3.82. The Hall–Kier alpha value is -3.75. The third kappa shape index (κ3) is 4.25. The van der Waals surface area contributed by atoms with E-state index in [1.165, 1.54) is 11.9 Å². The predicted molar refractivity (Wildman–Crippen MR) is 114 cm³/mol. The number of carbonyl (C=O) groups is 2. The zero-order chi connectivity index (χ0) is 21.8. The number of rotatable bonds is 5. The van der Waals surface area contributed by atoms with Gasteiger partial charge in [0, 0.05) is 24.8 Å². The molecule has 9 nitrogen and oxygen atoms in total. The highest BCUT2D eigenvalue weighted by molar-refractivity contribution is 5.98. The molecular weight excluding hydrogens is 396 g/mol. The molecule has 1 N–H and O–H groups in total. The Kier molecular flexibility index (Phi) is 5.92. The van der Waals surface area contributed by atoms with E-state index in [-0.39, 0.29) is 18.0 Å². The molecule has 1 aromatic carbocycles. The summed E-state index contributed by atoms with van der Waals surface area (Å²) in [5, 5.41) is 11.7. The summed E-state index contributed by atoms with van der Waals surface area (Å²) in [5.74, 6) is -0.0723. The molecule has 1 saturated heterocycles. The van der Waals surface area contributed by atoms with Gasteiger partial charge in [0.15, 0.2) is 0 Å². The van der Waals surface area contributed by atoms with E-state index in [4.69, 9.17) is 4.74 Å². The normalized spacial score (nSPS) is 18.5. The van der Waals surface area contributed by atoms with Crippen molar-refractivity contribution >= 4 is 17.7 Å². The molecule has 2 atom stereocenters. The highest BCUT2D eigenvalue weighted by atomic mass is 16.5. The first kappa shape index (κ1) is 20.5. The summed E-state index contributed by atoms with van der Waals surface area (Å²) < 4.78 is 4.85. The van der Waals surface area contributed by atoms with Gasteiger partial charge in [0.2, 0.25) is 0 Å². The number of pyridine rings is 1. The lowest BCUT2D eigenvalue weighted by atomic mass is 9.97. The van der Waals surface area contributed by atoms with Crippen molar-refractivity contribution in [2.45, 2.75) is 31.8 Å². The molecule has 1 amide bonds. The highest BCUT2D eigenvalue weighted by Crippen LogP contribution is 2.25. The van der Waals surface area contributed by atoms with E-state index < -0.39 is 5.97 Å². The summed E-state index contributed by atoms with van der Waals surface area (Å²) in [6.07, 6.45) is 6.46. The van der Waals surface area contributed by atoms with Gasteiger partial charge in [-0.25, -0.2) is 9.78 Å². The van der Waals surface area contributed by atoms with Crippen molar-refractivity contribution in [3.8, 4) is 5.69 Å². The van der Waals surface area contributed by atoms with Crippen molar-refractivity contribution in [1.29, 1.82) is 0 Å². The molecule has 3 aromatic rings. The van der Waals surface area contributed by atoms with Crippen molar-refractivity contribution in [3.05, 3.63) is 66.1 Å². The van der Waals surface area contributed by atoms with Crippen molar-refractivity contribution in [3.63, 3.8) is 0 Å². The van der Waals surface area contributed by atoms with Crippen LogP contribution in [0.15, 0.2) is 55.0 Å². The number of hydrogen-bond donors (Lipinski definition) is 1. The van der Waals surface area contributed by atoms with Crippen LogP contribution in [0, 0.1) is 0 Å². The summed E-state index contributed by atoms with van der Waals surface area (Å²) >= 11 is 0. The molecule has 0 aliphatic carbocycles. The van der Waals surface area contributed by atoms with Crippen LogP contribution in [0.5, 0.6) is 0 Å². The number of para-hydroxylation sites is 1. The van der Waals surface area contributed by atoms with Crippen LogP contribution >= 0.6 is 0 Å². The van der Waals surface area contributed by atoms with E-state index in [1.807, 2.05) is 30.0 Å². The van der Waals surface area contributed by atoms with Gasteiger partial charge in [0.05, 0.1) is 30.8 Å². The Morgan fingerprint density at radius 1 is 1.03 bits per heavy atom. The Balaban J connectivity index is 1.56. The number of benzene rings is 1. The standard InChI is InChI=1S/C22H24N6O3/c1-15-9-10-16(26-20-18(22(30)31-2)7-5-11-23-20)14-27(15)21(29)17-6-3-4-8-19(17)28-24-12-13-25-28/h3-8,11-13,15-16H,9-10,14H2,1-2H3,(H,23,26)/t15-,16-/m1/s1. The monoisotopic (exact) mass is 420 g/mol. The molecule has 0 saturated carbocycles. The Labute approximate surface area is 180 Å². The second kappa shape index (κ2) is 8.95. The Morgan fingerprint density at radius 3 is 2.55 bits per heavy atom. The van der Waals surface area contributed by atoms with Crippen molar-refractivity contribution in [2.24, 2.45) is 0 Å². The lowest BCUT2D eigenvalue weighted by Gasteiger charge is -2.38. The summed E-state index contributed by atoms with van der Waals surface area (Å²) in [4.78, 5) is 33.1. The van der Waals surface area contributed by atoms with E-state index in [9.17, 15) is 9.59 Å². The molecule has 160 valence electrons. The largest absolute Gasteiger partial charge is 0.465 e. The van der Waals surface area contributed by atoms with Crippen LogP contribution in [0.3, 0.4) is 0 Å². The molecule has 0 unspecified atom stereocenters. The maximum atomic E-state index is 13.5. The number of anilines is 1. The molecule has 31 heavy (non-hydrogen) atoms. The highest BCUT2D eigenvalue weighted by Gasteiger charge is 2.31. The van der Waals surface area contributed by atoms with Gasteiger partial charge in [-0.2, -0.15) is 15.0 Å². The molecule has 3 heterocycles. The number of methoxy groups -OCH3 is 1. The van der Waals surface area contributed by atoms with Gasteiger partial charge in [-0.3, -0.25) is 4.79 Å². The van der Waals surface area contributed by atoms with Gasteiger partial charge in [0.1, 0.15) is 11.4 Å². The van der Waals surface area contributed by atoms with Gasteiger partial charge >= 0.3 is 5.97 Å².